The van der Waals surface area contributed by atoms with Crippen LogP contribution < -0.4 is 5.11 Å². The fraction of sp³-hybridized carbons (Fsp3) is 0.238. The predicted molar refractivity (Wildman–Crippen MR) is 102 cm³/mol. The second-order valence-corrected chi connectivity index (χ2v) is 6.85. The molecule has 0 saturated heterocycles. The molecule has 0 N–H and O–H groups in total. The number of benzene rings is 2. The van der Waals surface area contributed by atoms with Gasteiger partial charge in [-0.15, -0.1) is 0 Å². The molecule has 0 saturated carbocycles. The van der Waals surface area contributed by atoms with E-state index in [0.717, 1.165) is 17.7 Å². The highest BCUT2D eigenvalue weighted by molar-refractivity contribution is 6.30. The van der Waals surface area contributed by atoms with Crippen molar-refractivity contribution in [1.29, 1.82) is 0 Å². The molecule has 0 aliphatic carbocycles. The van der Waals surface area contributed by atoms with E-state index >= 15 is 0 Å². The van der Waals surface area contributed by atoms with Crippen molar-refractivity contribution < 1.29 is 9.90 Å². The first-order chi connectivity index (χ1) is 12.4. The van der Waals surface area contributed by atoms with Gasteiger partial charge in [0.1, 0.15) is 0 Å². The quantitative estimate of drug-likeness (QED) is 0.672. The molecule has 1 heterocycles. The zero-order valence-corrected chi connectivity index (χ0v) is 15.7. The molecule has 0 amide bonds. The number of hydrogen-bond acceptors (Lipinski definition) is 3. The summed E-state index contributed by atoms with van der Waals surface area (Å²) in [6, 6.07) is 15.1. The first kappa shape index (κ1) is 18.2. The van der Waals surface area contributed by atoms with Crippen LogP contribution in [0.2, 0.25) is 5.02 Å². The minimum Gasteiger partial charge on any atom is -0.545 e. The van der Waals surface area contributed by atoms with E-state index in [2.05, 4.69) is 31.1 Å². The highest BCUT2D eigenvalue weighted by Crippen LogP contribution is 2.30. The Kier molecular flexibility index (Phi) is 5.14. The number of carbonyl (C=O) groups excluding carboxylic acids is 1. The van der Waals surface area contributed by atoms with Crippen LogP contribution in [0.3, 0.4) is 0 Å². The third-order valence-corrected chi connectivity index (χ3v) is 4.95. The summed E-state index contributed by atoms with van der Waals surface area (Å²) in [5.41, 5.74) is 3.78. The Bertz CT molecular complexity index is 928. The van der Waals surface area contributed by atoms with Gasteiger partial charge in [0.25, 0.3) is 0 Å². The van der Waals surface area contributed by atoms with E-state index in [0.29, 0.717) is 22.3 Å². The van der Waals surface area contributed by atoms with Crippen molar-refractivity contribution in [3.63, 3.8) is 0 Å². The zero-order chi connectivity index (χ0) is 18.8. The number of carboxylic acids is 1. The average Bonchev–Trinajstić information content (AvgIpc) is 2.99. The number of carboxylic acid groups (broad SMARTS) is 1. The maximum absolute atomic E-state index is 11.7. The first-order valence-electron chi connectivity index (χ1n) is 8.59. The molecule has 2 aromatic carbocycles. The summed E-state index contributed by atoms with van der Waals surface area (Å²) in [5.74, 6) is -0.771. The summed E-state index contributed by atoms with van der Waals surface area (Å²) in [4.78, 5) is 11.7. The molecule has 4 nitrogen and oxygen atoms in total. The van der Waals surface area contributed by atoms with Crippen LogP contribution >= 0.6 is 11.6 Å². The topological polar surface area (TPSA) is 58.0 Å². The summed E-state index contributed by atoms with van der Waals surface area (Å²) >= 11 is 5.97. The van der Waals surface area contributed by atoms with Crippen molar-refractivity contribution in [2.75, 3.05) is 0 Å². The van der Waals surface area contributed by atoms with Gasteiger partial charge in [-0.2, -0.15) is 5.10 Å². The number of hydrogen-bond donors (Lipinski definition) is 0. The number of aromatic carboxylic acids is 1. The van der Waals surface area contributed by atoms with Crippen LogP contribution in [-0.2, 0) is 0 Å². The van der Waals surface area contributed by atoms with Gasteiger partial charge in [0.2, 0.25) is 0 Å². The Labute approximate surface area is 158 Å². The molecule has 134 valence electrons. The van der Waals surface area contributed by atoms with Crippen LogP contribution in [0.15, 0.2) is 48.5 Å². The molecular formula is C21H20ClN2O2-. The summed E-state index contributed by atoms with van der Waals surface area (Å²) in [6.07, 6.45) is 1.06. The first-order valence-corrected chi connectivity index (χ1v) is 8.97. The standard InChI is InChI=1S/C21H21ClN2O2/c1-4-13(2)15-7-11-18(12-8-15)24-20(16-5-9-17(22)10-6-16)19(21(25)26)14(3)23-24/h5-13H,4H2,1-3H3,(H,25,26)/p-1/t13-/m0/s1. The van der Waals surface area contributed by atoms with Crippen molar-refractivity contribution in [3.8, 4) is 16.9 Å². The van der Waals surface area contributed by atoms with Gasteiger partial charge in [-0.25, -0.2) is 4.68 Å². The Morgan fingerprint density at radius 3 is 2.31 bits per heavy atom. The molecule has 1 atom stereocenters. The molecule has 0 unspecified atom stereocenters. The van der Waals surface area contributed by atoms with Gasteiger partial charge in [0.05, 0.1) is 23.0 Å². The second kappa shape index (κ2) is 7.34. The maximum Gasteiger partial charge on any atom is 0.0834 e. The second-order valence-electron chi connectivity index (χ2n) is 6.42. The summed E-state index contributed by atoms with van der Waals surface area (Å²) < 4.78 is 1.66. The third-order valence-electron chi connectivity index (χ3n) is 4.70. The van der Waals surface area contributed by atoms with Crippen LogP contribution in [0.4, 0.5) is 0 Å². The Morgan fingerprint density at radius 2 is 1.77 bits per heavy atom. The fourth-order valence-electron chi connectivity index (χ4n) is 3.01. The molecule has 0 radical (unpaired) electrons. The number of halogens is 1. The van der Waals surface area contributed by atoms with E-state index in [9.17, 15) is 9.90 Å². The van der Waals surface area contributed by atoms with Crippen LogP contribution in [0, 0.1) is 6.92 Å². The molecule has 0 fully saturated rings. The van der Waals surface area contributed by atoms with Gasteiger partial charge >= 0.3 is 0 Å². The maximum atomic E-state index is 11.7. The number of rotatable bonds is 5. The Morgan fingerprint density at radius 1 is 1.15 bits per heavy atom. The lowest BCUT2D eigenvalue weighted by atomic mass is 9.98. The van der Waals surface area contributed by atoms with Crippen LogP contribution in [-0.4, -0.2) is 15.7 Å². The van der Waals surface area contributed by atoms with Crippen molar-refractivity contribution >= 4 is 17.6 Å². The lowest BCUT2D eigenvalue weighted by Crippen LogP contribution is -2.23. The minimum atomic E-state index is -1.24. The van der Waals surface area contributed by atoms with Crippen LogP contribution in [0.25, 0.3) is 16.9 Å². The average molecular weight is 368 g/mol. The van der Waals surface area contributed by atoms with Crippen molar-refractivity contribution in [2.45, 2.75) is 33.1 Å². The molecule has 3 aromatic rings. The normalized spacial score (nSPS) is 12.2. The van der Waals surface area contributed by atoms with E-state index < -0.39 is 5.97 Å². The highest BCUT2D eigenvalue weighted by Gasteiger charge is 2.19. The number of carbonyl (C=O) groups is 1. The molecule has 0 aliphatic rings. The van der Waals surface area contributed by atoms with Crippen LogP contribution in [0.5, 0.6) is 0 Å². The monoisotopic (exact) mass is 367 g/mol. The van der Waals surface area contributed by atoms with E-state index in [1.54, 1.807) is 35.9 Å². The smallest absolute Gasteiger partial charge is 0.0834 e. The zero-order valence-electron chi connectivity index (χ0n) is 15.0. The fourth-order valence-corrected chi connectivity index (χ4v) is 3.14. The summed E-state index contributed by atoms with van der Waals surface area (Å²) in [5, 5.41) is 16.8. The Balaban J connectivity index is 2.17. The highest BCUT2D eigenvalue weighted by atomic mass is 35.5. The molecule has 26 heavy (non-hydrogen) atoms. The summed E-state index contributed by atoms with van der Waals surface area (Å²) in [6.45, 7) is 6.01. The molecule has 0 aliphatic heterocycles. The predicted octanol–water partition coefficient (Wildman–Crippen LogP) is 4.38. The molecule has 1 aromatic heterocycles. The van der Waals surface area contributed by atoms with Gasteiger partial charge in [-0.3, -0.25) is 0 Å². The number of aryl methyl sites for hydroxylation is 1. The SMILES string of the molecule is CC[C@H](C)c1ccc(-n2nc(C)c(C(=O)[O-])c2-c2ccc(Cl)cc2)cc1. The van der Waals surface area contributed by atoms with E-state index in [-0.39, 0.29) is 5.56 Å². The van der Waals surface area contributed by atoms with Gasteiger partial charge < -0.3 is 9.90 Å². The van der Waals surface area contributed by atoms with Crippen molar-refractivity contribution in [3.05, 3.63) is 70.4 Å². The third kappa shape index (κ3) is 3.37. The molecule has 3 rings (SSSR count). The van der Waals surface area contributed by atoms with Crippen molar-refractivity contribution in [2.24, 2.45) is 0 Å². The van der Waals surface area contributed by atoms with E-state index in [4.69, 9.17) is 11.6 Å². The minimum absolute atomic E-state index is 0.0957. The number of aromatic nitrogens is 2. The van der Waals surface area contributed by atoms with E-state index in [1.165, 1.54) is 5.56 Å². The van der Waals surface area contributed by atoms with Crippen molar-refractivity contribution in [1.82, 2.24) is 9.78 Å². The Hall–Kier alpha value is -2.59. The van der Waals surface area contributed by atoms with Gasteiger partial charge in [0.15, 0.2) is 0 Å². The van der Waals surface area contributed by atoms with E-state index in [1.807, 2.05) is 12.1 Å². The molecule has 0 spiro atoms. The lowest BCUT2D eigenvalue weighted by Gasteiger charge is -2.13. The summed E-state index contributed by atoms with van der Waals surface area (Å²) in [7, 11) is 0. The van der Waals surface area contributed by atoms with Crippen LogP contribution in [0.1, 0.15) is 47.8 Å². The number of nitrogens with zero attached hydrogens (tertiary/aromatic N) is 2. The largest absolute Gasteiger partial charge is 0.545 e. The van der Waals surface area contributed by atoms with Gasteiger partial charge in [0, 0.05) is 16.1 Å². The molecule has 0 bridgehead atoms. The van der Waals surface area contributed by atoms with Gasteiger partial charge in [-0.05, 0) is 49.1 Å². The molecular weight excluding hydrogens is 348 g/mol. The van der Waals surface area contributed by atoms with Gasteiger partial charge in [-0.1, -0.05) is 49.7 Å². The molecule has 5 heteroatoms. The lowest BCUT2D eigenvalue weighted by molar-refractivity contribution is -0.255.